The van der Waals surface area contributed by atoms with Crippen LogP contribution in [0.4, 0.5) is 5.82 Å². The van der Waals surface area contributed by atoms with Crippen molar-refractivity contribution in [2.75, 3.05) is 24.7 Å². The van der Waals surface area contributed by atoms with Gasteiger partial charge in [-0.05, 0) is 18.4 Å². The molecule has 0 aromatic carbocycles. The van der Waals surface area contributed by atoms with Crippen LogP contribution < -0.4 is 10.0 Å². The van der Waals surface area contributed by atoms with Crippen LogP contribution in [-0.4, -0.2) is 38.0 Å². The third-order valence-electron chi connectivity index (χ3n) is 2.74. The van der Waals surface area contributed by atoms with Crippen molar-refractivity contribution in [3.05, 3.63) is 16.8 Å². The van der Waals surface area contributed by atoms with Gasteiger partial charge < -0.3 is 5.32 Å². The third kappa shape index (κ3) is 4.43. The Balaban J connectivity index is 2.83. The van der Waals surface area contributed by atoms with E-state index in [0.29, 0.717) is 24.3 Å². The number of hydrogen-bond donors (Lipinski definition) is 2. The summed E-state index contributed by atoms with van der Waals surface area (Å²) in [4.78, 5) is 0. The summed E-state index contributed by atoms with van der Waals surface area (Å²) in [6, 6.07) is 2.14. The fourth-order valence-electron chi connectivity index (χ4n) is 1.83. The van der Waals surface area contributed by atoms with Gasteiger partial charge in [-0.3, -0.25) is 0 Å². The van der Waals surface area contributed by atoms with Gasteiger partial charge in [0.15, 0.2) is 5.82 Å². The minimum atomic E-state index is -3.21. The van der Waals surface area contributed by atoms with Crippen molar-refractivity contribution < 1.29 is 8.42 Å². The number of sulfonamides is 1. The van der Waals surface area contributed by atoms with Crippen LogP contribution in [0.2, 0.25) is 0 Å². The van der Waals surface area contributed by atoms with Crippen molar-refractivity contribution in [1.29, 1.82) is 5.26 Å². The molecule has 0 atom stereocenters. The van der Waals surface area contributed by atoms with E-state index in [2.05, 4.69) is 26.3 Å². The SMILES string of the molecule is CCc1nnc(NCCNS(C)(=O)=O)c(C#N)c1CC. The summed E-state index contributed by atoms with van der Waals surface area (Å²) in [5.74, 6) is 0.400. The van der Waals surface area contributed by atoms with E-state index in [9.17, 15) is 13.7 Å². The highest BCUT2D eigenvalue weighted by atomic mass is 32.2. The molecule has 0 aliphatic rings. The van der Waals surface area contributed by atoms with Gasteiger partial charge in [-0.25, -0.2) is 13.1 Å². The van der Waals surface area contributed by atoms with Crippen LogP contribution in [0.3, 0.4) is 0 Å². The molecule has 0 bridgehead atoms. The zero-order chi connectivity index (χ0) is 15.2. The van der Waals surface area contributed by atoms with Gasteiger partial charge >= 0.3 is 0 Å². The van der Waals surface area contributed by atoms with E-state index in [1.165, 1.54) is 0 Å². The molecule has 20 heavy (non-hydrogen) atoms. The first-order chi connectivity index (χ1) is 9.42. The van der Waals surface area contributed by atoms with Crippen molar-refractivity contribution >= 4 is 15.8 Å². The zero-order valence-electron chi connectivity index (χ0n) is 11.9. The van der Waals surface area contributed by atoms with E-state index in [0.717, 1.165) is 23.9 Å². The lowest BCUT2D eigenvalue weighted by Gasteiger charge is -2.11. The van der Waals surface area contributed by atoms with E-state index >= 15 is 0 Å². The summed E-state index contributed by atoms with van der Waals surface area (Å²) in [5, 5.41) is 20.3. The molecule has 0 aliphatic heterocycles. The maximum atomic E-state index is 10.9. The van der Waals surface area contributed by atoms with Crippen LogP contribution in [-0.2, 0) is 22.9 Å². The molecule has 8 heteroatoms. The van der Waals surface area contributed by atoms with Crippen molar-refractivity contribution in [2.24, 2.45) is 0 Å². The van der Waals surface area contributed by atoms with Crippen molar-refractivity contribution in [3.8, 4) is 6.07 Å². The predicted octanol–water partition coefficient (Wildman–Crippen LogP) is 0.434. The lowest BCUT2D eigenvalue weighted by Crippen LogP contribution is -2.28. The molecule has 1 rings (SSSR count). The molecule has 0 fully saturated rings. The summed E-state index contributed by atoms with van der Waals surface area (Å²) in [7, 11) is -3.21. The van der Waals surface area contributed by atoms with E-state index < -0.39 is 10.0 Å². The number of nitriles is 1. The monoisotopic (exact) mass is 297 g/mol. The Morgan fingerprint density at radius 3 is 2.40 bits per heavy atom. The van der Waals surface area contributed by atoms with Crippen LogP contribution in [0.25, 0.3) is 0 Å². The van der Waals surface area contributed by atoms with Gasteiger partial charge in [0.2, 0.25) is 10.0 Å². The molecule has 0 aliphatic carbocycles. The Morgan fingerprint density at radius 1 is 1.20 bits per heavy atom. The Kier molecular flexibility index (Phi) is 5.85. The van der Waals surface area contributed by atoms with Gasteiger partial charge in [0.25, 0.3) is 0 Å². The molecule has 0 amide bonds. The third-order valence-corrected chi connectivity index (χ3v) is 3.47. The predicted molar refractivity (Wildman–Crippen MR) is 76.8 cm³/mol. The molecule has 2 N–H and O–H groups in total. The Labute approximate surface area is 119 Å². The zero-order valence-corrected chi connectivity index (χ0v) is 12.7. The van der Waals surface area contributed by atoms with Gasteiger partial charge in [-0.1, -0.05) is 13.8 Å². The topological polar surface area (TPSA) is 108 Å². The quantitative estimate of drug-likeness (QED) is 0.707. The van der Waals surface area contributed by atoms with Crippen LogP contribution in [0, 0.1) is 11.3 Å². The maximum Gasteiger partial charge on any atom is 0.208 e. The first-order valence-electron chi connectivity index (χ1n) is 6.39. The molecule has 1 aromatic rings. The number of aryl methyl sites for hydroxylation is 1. The average Bonchev–Trinajstić information content (AvgIpc) is 2.41. The van der Waals surface area contributed by atoms with Crippen molar-refractivity contribution in [3.63, 3.8) is 0 Å². The van der Waals surface area contributed by atoms with Gasteiger partial charge in [-0.2, -0.15) is 10.4 Å². The number of anilines is 1. The molecule has 0 unspecified atom stereocenters. The molecule has 1 aromatic heterocycles. The van der Waals surface area contributed by atoms with Gasteiger partial charge in [0.05, 0.1) is 11.9 Å². The molecule has 1 heterocycles. The van der Waals surface area contributed by atoms with Crippen LogP contribution in [0.5, 0.6) is 0 Å². The molecule has 110 valence electrons. The minimum absolute atomic E-state index is 0.225. The lowest BCUT2D eigenvalue weighted by atomic mass is 10.0. The maximum absolute atomic E-state index is 10.9. The van der Waals surface area contributed by atoms with E-state index in [4.69, 9.17) is 0 Å². The second-order valence-corrected chi connectivity index (χ2v) is 6.09. The van der Waals surface area contributed by atoms with Crippen molar-refractivity contribution in [1.82, 2.24) is 14.9 Å². The lowest BCUT2D eigenvalue weighted by molar-refractivity contribution is 0.589. The van der Waals surface area contributed by atoms with Gasteiger partial charge in [0.1, 0.15) is 11.6 Å². The summed E-state index contributed by atoms with van der Waals surface area (Å²) >= 11 is 0. The Hall–Kier alpha value is -1.72. The highest BCUT2D eigenvalue weighted by Crippen LogP contribution is 2.19. The second-order valence-electron chi connectivity index (χ2n) is 4.26. The number of rotatable bonds is 7. The number of nitrogens with one attached hydrogen (secondary N) is 2. The number of hydrogen-bond acceptors (Lipinski definition) is 6. The summed E-state index contributed by atoms with van der Waals surface area (Å²) < 4.78 is 24.2. The average molecular weight is 297 g/mol. The van der Waals surface area contributed by atoms with E-state index in [1.807, 2.05) is 13.8 Å². The largest absolute Gasteiger partial charge is 0.366 e. The second kappa shape index (κ2) is 7.17. The fourth-order valence-corrected chi connectivity index (χ4v) is 2.31. The fraction of sp³-hybridized carbons (Fsp3) is 0.583. The molecule has 7 nitrogen and oxygen atoms in total. The molecular weight excluding hydrogens is 278 g/mol. The van der Waals surface area contributed by atoms with Gasteiger partial charge in [-0.15, -0.1) is 5.10 Å². The first kappa shape index (κ1) is 16.3. The highest BCUT2D eigenvalue weighted by molar-refractivity contribution is 7.88. The summed E-state index contributed by atoms with van der Waals surface area (Å²) in [6.45, 7) is 4.49. The van der Waals surface area contributed by atoms with Gasteiger partial charge in [0, 0.05) is 13.1 Å². The van der Waals surface area contributed by atoms with Crippen molar-refractivity contribution in [2.45, 2.75) is 26.7 Å². The van der Waals surface area contributed by atoms with E-state index in [1.54, 1.807) is 0 Å². The molecule has 0 saturated heterocycles. The summed E-state index contributed by atoms with van der Waals surface area (Å²) in [6.07, 6.45) is 2.53. The highest BCUT2D eigenvalue weighted by Gasteiger charge is 2.13. The molecular formula is C12H19N5O2S. The first-order valence-corrected chi connectivity index (χ1v) is 8.29. The molecule has 0 saturated carbocycles. The molecule has 0 spiro atoms. The summed E-state index contributed by atoms with van der Waals surface area (Å²) in [5.41, 5.74) is 2.20. The number of nitrogens with zero attached hydrogens (tertiary/aromatic N) is 3. The van der Waals surface area contributed by atoms with Crippen LogP contribution in [0.1, 0.15) is 30.7 Å². The number of aromatic nitrogens is 2. The Bertz CT molecular complexity index is 607. The molecule has 0 radical (unpaired) electrons. The standard InChI is InChI=1S/C12H19N5O2S/c1-4-9-10(8-13)12(17-16-11(9)5-2)14-6-7-15-20(3,18)19/h15H,4-7H2,1-3H3,(H,14,17). The Morgan fingerprint density at radius 2 is 1.90 bits per heavy atom. The van der Waals surface area contributed by atoms with E-state index in [-0.39, 0.29) is 6.54 Å². The smallest absolute Gasteiger partial charge is 0.208 e. The normalized spacial score (nSPS) is 11.1. The minimum Gasteiger partial charge on any atom is -0.366 e. The van der Waals surface area contributed by atoms with Crippen LogP contribution >= 0.6 is 0 Å². The van der Waals surface area contributed by atoms with Crippen LogP contribution in [0.15, 0.2) is 0 Å².